The van der Waals surface area contributed by atoms with E-state index >= 15 is 0 Å². The van der Waals surface area contributed by atoms with E-state index in [-0.39, 0.29) is 6.10 Å². The Kier molecular flexibility index (Phi) is 6.82. The highest BCUT2D eigenvalue weighted by atomic mass is 32.1. The molecule has 0 fully saturated rings. The Labute approximate surface area is 176 Å². The molecular weight excluding hydrogens is 382 g/mol. The zero-order chi connectivity index (χ0) is 20.8. The maximum absolute atomic E-state index is 5.79. The second-order valence-electron chi connectivity index (χ2n) is 6.87. The monoisotopic (exact) mass is 409 g/mol. The smallest absolute Gasteiger partial charge is 0.216 e. The lowest BCUT2D eigenvalue weighted by Gasteiger charge is -2.20. The van der Waals surface area contributed by atoms with Crippen molar-refractivity contribution in [3.63, 3.8) is 0 Å². The Hall–Kier alpha value is -2.93. The van der Waals surface area contributed by atoms with Crippen molar-refractivity contribution >= 4 is 24.1 Å². The van der Waals surface area contributed by atoms with Crippen molar-refractivity contribution in [1.82, 2.24) is 14.9 Å². The molecule has 1 N–H and O–H groups in total. The number of nitrogens with zero attached hydrogens (tertiary/aromatic N) is 4. The van der Waals surface area contributed by atoms with Gasteiger partial charge in [0.25, 0.3) is 0 Å². The van der Waals surface area contributed by atoms with Gasteiger partial charge in [-0.15, -0.1) is 0 Å². The number of nitrogens with one attached hydrogen (secondary N) is 1. The molecule has 29 heavy (non-hydrogen) atoms. The summed E-state index contributed by atoms with van der Waals surface area (Å²) in [5, 5.41) is 11.7. The lowest BCUT2D eigenvalue weighted by molar-refractivity contribution is 0.242. The summed E-state index contributed by atoms with van der Waals surface area (Å²) in [5.74, 6) is 1.43. The molecule has 0 amide bonds. The number of aromatic nitrogens is 3. The van der Waals surface area contributed by atoms with Crippen LogP contribution in [-0.2, 0) is 0 Å². The molecule has 0 radical (unpaired) electrons. The molecule has 0 atom stereocenters. The molecule has 6 nitrogen and oxygen atoms in total. The van der Waals surface area contributed by atoms with E-state index in [0.29, 0.717) is 10.6 Å². The van der Waals surface area contributed by atoms with E-state index in [2.05, 4.69) is 58.3 Å². The van der Waals surface area contributed by atoms with Gasteiger partial charge in [0.1, 0.15) is 5.75 Å². The molecule has 3 aromatic rings. The number of rotatable bonds is 8. The number of hydrogen-bond acceptors (Lipinski definition) is 5. The molecule has 0 saturated heterocycles. The summed E-state index contributed by atoms with van der Waals surface area (Å²) >= 11 is 5.37. The Balaban J connectivity index is 1.86. The van der Waals surface area contributed by atoms with Crippen molar-refractivity contribution < 1.29 is 4.74 Å². The van der Waals surface area contributed by atoms with Gasteiger partial charge in [0, 0.05) is 24.3 Å². The number of hydrogen-bond donors (Lipinski definition) is 1. The van der Waals surface area contributed by atoms with Gasteiger partial charge in [0.05, 0.1) is 12.3 Å². The first-order valence-corrected chi connectivity index (χ1v) is 10.3. The second kappa shape index (κ2) is 9.52. The fourth-order valence-corrected chi connectivity index (χ4v) is 3.23. The molecule has 0 aliphatic heterocycles. The summed E-state index contributed by atoms with van der Waals surface area (Å²) in [5.41, 5.74) is 3.08. The van der Waals surface area contributed by atoms with Gasteiger partial charge in [-0.1, -0.05) is 24.3 Å². The molecule has 1 heterocycles. The minimum Gasteiger partial charge on any atom is -0.491 e. The van der Waals surface area contributed by atoms with Crippen molar-refractivity contribution in [2.24, 2.45) is 5.10 Å². The fraction of sp³-hybridized carbons (Fsp3) is 0.318. The van der Waals surface area contributed by atoms with E-state index in [1.54, 1.807) is 10.9 Å². The zero-order valence-electron chi connectivity index (χ0n) is 17.3. The minimum atomic E-state index is 0.100. The highest BCUT2D eigenvalue weighted by Crippen LogP contribution is 2.23. The van der Waals surface area contributed by atoms with Crippen LogP contribution >= 0.6 is 12.2 Å². The second-order valence-corrected chi connectivity index (χ2v) is 7.25. The highest BCUT2D eigenvalue weighted by molar-refractivity contribution is 7.71. The molecular formula is C22H27N5OS. The summed E-state index contributed by atoms with van der Waals surface area (Å²) in [6, 6.07) is 16.1. The van der Waals surface area contributed by atoms with Crippen LogP contribution in [0.1, 0.15) is 33.3 Å². The average Bonchev–Trinajstić information content (AvgIpc) is 3.08. The molecule has 0 saturated carbocycles. The van der Waals surface area contributed by atoms with Crippen molar-refractivity contribution in [2.45, 2.75) is 33.8 Å². The van der Waals surface area contributed by atoms with Crippen LogP contribution in [0, 0.1) is 4.77 Å². The van der Waals surface area contributed by atoms with E-state index in [4.69, 9.17) is 17.0 Å². The van der Waals surface area contributed by atoms with Crippen LogP contribution in [0.15, 0.2) is 53.6 Å². The summed E-state index contributed by atoms with van der Waals surface area (Å²) in [4.78, 5) is 2.30. The highest BCUT2D eigenvalue weighted by Gasteiger charge is 2.10. The van der Waals surface area contributed by atoms with Gasteiger partial charge >= 0.3 is 0 Å². The predicted octanol–water partition coefficient (Wildman–Crippen LogP) is 5.12. The molecule has 0 aliphatic rings. The van der Waals surface area contributed by atoms with Crippen LogP contribution in [0.25, 0.3) is 11.4 Å². The topological polar surface area (TPSA) is 58.4 Å². The third-order valence-corrected chi connectivity index (χ3v) is 4.72. The summed E-state index contributed by atoms with van der Waals surface area (Å²) in [6.45, 7) is 10.3. The third-order valence-electron chi connectivity index (χ3n) is 4.46. The summed E-state index contributed by atoms with van der Waals surface area (Å²) in [7, 11) is 0. The van der Waals surface area contributed by atoms with E-state index < -0.39 is 0 Å². The van der Waals surface area contributed by atoms with Crippen molar-refractivity contribution in [3.05, 3.63) is 58.9 Å². The van der Waals surface area contributed by atoms with Crippen LogP contribution in [-0.4, -0.2) is 40.3 Å². The number of aromatic amines is 1. The molecule has 0 bridgehead atoms. The molecule has 3 rings (SSSR count). The first-order chi connectivity index (χ1) is 14.0. The number of ether oxygens (including phenoxy) is 1. The Bertz CT molecular complexity index is 1020. The summed E-state index contributed by atoms with van der Waals surface area (Å²) < 4.78 is 7.85. The van der Waals surface area contributed by atoms with Gasteiger partial charge in [0.15, 0.2) is 5.82 Å². The van der Waals surface area contributed by atoms with Gasteiger partial charge in [-0.2, -0.15) is 14.9 Å². The fourth-order valence-electron chi connectivity index (χ4n) is 3.05. The molecule has 0 spiro atoms. The average molecular weight is 410 g/mol. The van der Waals surface area contributed by atoms with Crippen molar-refractivity contribution in [3.8, 4) is 17.1 Å². The van der Waals surface area contributed by atoms with Crippen LogP contribution in [0.3, 0.4) is 0 Å². The number of anilines is 1. The standard InChI is InChI=1S/C22H27N5OS/c1-5-26(6-2)19-12-10-17(11-13-19)15-23-27-21(24-25-22(27)29)18-8-7-9-20(14-18)28-16(3)4/h7-16H,5-6H2,1-4H3,(H,25,29)/b23-15-. The van der Waals surface area contributed by atoms with Crippen LogP contribution in [0.5, 0.6) is 5.75 Å². The molecule has 0 aliphatic carbocycles. The van der Waals surface area contributed by atoms with Crippen molar-refractivity contribution in [2.75, 3.05) is 18.0 Å². The van der Waals surface area contributed by atoms with Gasteiger partial charge in [-0.3, -0.25) is 0 Å². The van der Waals surface area contributed by atoms with Gasteiger partial charge in [-0.05, 0) is 69.7 Å². The number of benzene rings is 2. The molecule has 7 heteroatoms. The lowest BCUT2D eigenvalue weighted by atomic mass is 10.2. The third kappa shape index (κ3) is 5.12. The van der Waals surface area contributed by atoms with E-state index in [1.807, 2.05) is 38.1 Å². The van der Waals surface area contributed by atoms with E-state index in [0.717, 1.165) is 30.0 Å². The lowest BCUT2D eigenvalue weighted by Crippen LogP contribution is -2.21. The Morgan fingerprint density at radius 1 is 1.17 bits per heavy atom. The molecule has 0 unspecified atom stereocenters. The van der Waals surface area contributed by atoms with Crippen LogP contribution in [0.2, 0.25) is 0 Å². The van der Waals surface area contributed by atoms with Gasteiger partial charge in [0.2, 0.25) is 4.77 Å². The molecule has 2 aromatic carbocycles. The largest absolute Gasteiger partial charge is 0.491 e. The van der Waals surface area contributed by atoms with Crippen LogP contribution in [0.4, 0.5) is 5.69 Å². The van der Waals surface area contributed by atoms with E-state index in [1.165, 1.54) is 5.69 Å². The Morgan fingerprint density at radius 2 is 1.90 bits per heavy atom. The van der Waals surface area contributed by atoms with E-state index in [9.17, 15) is 0 Å². The quantitative estimate of drug-likeness (QED) is 0.414. The Morgan fingerprint density at radius 3 is 2.55 bits per heavy atom. The predicted molar refractivity (Wildman–Crippen MR) is 122 cm³/mol. The maximum Gasteiger partial charge on any atom is 0.216 e. The maximum atomic E-state index is 5.79. The first-order valence-electron chi connectivity index (χ1n) is 9.85. The normalized spacial score (nSPS) is 11.3. The van der Waals surface area contributed by atoms with Crippen LogP contribution < -0.4 is 9.64 Å². The summed E-state index contributed by atoms with van der Waals surface area (Å²) in [6.07, 6.45) is 1.89. The molecule has 1 aromatic heterocycles. The number of H-pyrrole nitrogens is 1. The zero-order valence-corrected chi connectivity index (χ0v) is 18.1. The SMILES string of the molecule is CCN(CC)c1ccc(/C=N\n2c(-c3cccc(OC(C)C)c3)n[nH]c2=S)cc1. The van der Waals surface area contributed by atoms with Crippen molar-refractivity contribution in [1.29, 1.82) is 0 Å². The minimum absolute atomic E-state index is 0.100. The van der Waals surface area contributed by atoms with Gasteiger partial charge < -0.3 is 9.64 Å². The molecule has 152 valence electrons. The first kappa shape index (κ1) is 20.8. The van der Waals surface area contributed by atoms with Gasteiger partial charge in [-0.25, -0.2) is 5.10 Å².